The Bertz CT molecular complexity index is 635. The summed E-state index contributed by atoms with van der Waals surface area (Å²) in [5.41, 5.74) is 1.79. The van der Waals surface area contributed by atoms with Gasteiger partial charge in [-0.05, 0) is 17.7 Å². The van der Waals surface area contributed by atoms with Gasteiger partial charge in [-0.2, -0.15) is 9.65 Å². The van der Waals surface area contributed by atoms with E-state index < -0.39 is 5.95 Å². The zero-order valence-electron chi connectivity index (χ0n) is 9.12. The number of hydrogen-bond acceptors (Lipinski definition) is 2. The predicted octanol–water partition coefficient (Wildman–Crippen LogP) is 4.26. The highest BCUT2D eigenvalue weighted by Gasteiger charge is 2.12. The number of pyridine rings is 1. The summed E-state index contributed by atoms with van der Waals surface area (Å²) < 4.78 is 13.1. The Morgan fingerprint density at radius 3 is 2.78 bits per heavy atom. The van der Waals surface area contributed by atoms with Gasteiger partial charge < -0.3 is 0 Å². The van der Waals surface area contributed by atoms with E-state index in [1.165, 1.54) is 12.3 Å². The van der Waals surface area contributed by atoms with E-state index in [1.54, 1.807) is 18.2 Å². The lowest BCUT2D eigenvalue weighted by Gasteiger charge is -2.09. The van der Waals surface area contributed by atoms with Gasteiger partial charge in [0, 0.05) is 17.3 Å². The van der Waals surface area contributed by atoms with Crippen molar-refractivity contribution < 1.29 is 4.39 Å². The monoisotopic (exact) mass is 280 g/mol. The Kier molecular flexibility index (Phi) is 3.81. The number of hydrogen-bond donors (Lipinski definition) is 0. The molecule has 90 valence electrons. The number of nitrogens with zero attached hydrogens (tertiary/aromatic N) is 2. The Morgan fingerprint density at radius 1 is 1.28 bits per heavy atom. The minimum atomic E-state index is -0.623. The van der Waals surface area contributed by atoms with E-state index in [4.69, 9.17) is 28.5 Å². The minimum absolute atomic E-state index is 0.0810. The molecule has 0 N–H and O–H groups in total. The number of nitriles is 1. The van der Waals surface area contributed by atoms with Gasteiger partial charge in [0.2, 0.25) is 5.95 Å². The molecule has 2 nitrogen and oxygen atoms in total. The summed E-state index contributed by atoms with van der Waals surface area (Å²) in [5.74, 6) is -0.623. The second-order valence-corrected chi connectivity index (χ2v) is 4.39. The molecule has 0 aliphatic carbocycles. The van der Waals surface area contributed by atoms with Crippen LogP contribution in [-0.4, -0.2) is 4.98 Å². The van der Waals surface area contributed by atoms with E-state index in [1.807, 2.05) is 6.07 Å². The summed E-state index contributed by atoms with van der Waals surface area (Å²) in [6, 6.07) is 8.37. The van der Waals surface area contributed by atoms with Gasteiger partial charge in [0.15, 0.2) is 0 Å². The van der Waals surface area contributed by atoms with Crippen molar-refractivity contribution in [1.82, 2.24) is 4.98 Å². The fourth-order valence-electron chi connectivity index (χ4n) is 1.65. The highest BCUT2D eigenvalue weighted by Crippen LogP contribution is 2.35. The summed E-state index contributed by atoms with van der Waals surface area (Å²) in [6.07, 6.45) is 1.44. The van der Waals surface area contributed by atoms with Gasteiger partial charge in [0.25, 0.3) is 0 Å². The molecule has 18 heavy (non-hydrogen) atoms. The molecule has 0 bridgehead atoms. The van der Waals surface area contributed by atoms with Crippen LogP contribution in [0.5, 0.6) is 0 Å². The van der Waals surface area contributed by atoms with Gasteiger partial charge in [0.05, 0.1) is 22.5 Å². The molecule has 0 atom stereocenters. The van der Waals surface area contributed by atoms with Gasteiger partial charge in [-0.1, -0.05) is 35.3 Å². The van der Waals surface area contributed by atoms with Crippen LogP contribution >= 0.6 is 23.2 Å². The average molecular weight is 281 g/mol. The van der Waals surface area contributed by atoms with Crippen LogP contribution in [0.4, 0.5) is 4.39 Å². The summed E-state index contributed by atoms with van der Waals surface area (Å²) in [6.45, 7) is 0. The molecule has 0 radical (unpaired) electrons. The summed E-state index contributed by atoms with van der Waals surface area (Å²) in [5, 5.41) is 9.53. The molecule has 2 aromatic rings. The zero-order chi connectivity index (χ0) is 13.1. The van der Waals surface area contributed by atoms with Crippen LogP contribution in [0.3, 0.4) is 0 Å². The lowest BCUT2D eigenvalue weighted by molar-refractivity contribution is 0.582. The molecule has 0 fully saturated rings. The Labute approximate surface area is 114 Å². The molecule has 0 saturated heterocycles. The Morgan fingerprint density at radius 2 is 2.06 bits per heavy atom. The molecule has 1 heterocycles. The number of benzene rings is 1. The number of halogens is 3. The van der Waals surface area contributed by atoms with E-state index in [9.17, 15) is 4.39 Å². The quantitative estimate of drug-likeness (QED) is 0.771. The molecule has 0 saturated carbocycles. The van der Waals surface area contributed by atoms with Crippen molar-refractivity contribution in [2.75, 3.05) is 0 Å². The maximum atomic E-state index is 13.1. The van der Waals surface area contributed by atoms with Gasteiger partial charge in [0.1, 0.15) is 0 Å². The van der Waals surface area contributed by atoms with Gasteiger partial charge >= 0.3 is 0 Å². The van der Waals surface area contributed by atoms with E-state index in [0.29, 0.717) is 26.7 Å². The fraction of sp³-hybridized carbons (Fsp3) is 0.0769. The second kappa shape index (κ2) is 5.34. The molecule has 5 heteroatoms. The second-order valence-electron chi connectivity index (χ2n) is 3.60. The molecule has 0 aliphatic rings. The first-order valence-electron chi connectivity index (χ1n) is 5.09. The number of rotatable bonds is 2. The minimum Gasteiger partial charge on any atom is -0.228 e. The maximum Gasteiger partial charge on any atom is 0.213 e. The largest absolute Gasteiger partial charge is 0.228 e. The predicted molar refractivity (Wildman–Crippen MR) is 69.0 cm³/mol. The topological polar surface area (TPSA) is 36.7 Å². The molecular weight excluding hydrogens is 274 g/mol. The van der Waals surface area contributed by atoms with Crippen LogP contribution in [-0.2, 0) is 6.42 Å². The van der Waals surface area contributed by atoms with E-state index in [-0.39, 0.29) is 6.42 Å². The Balaban J connectivity index is 2.64. The highest BCUT2D eigenvalue weighted by atomic mass is 35.5. The maximum absolute atomic E-state index is 13.1. The first kappa shape index (κ1) is 12.8. The van der Waals surface area contributed by atoms with Crippen molar-refractivity contribution in [3.05, 3.63) is 52.0 Å². The fourth-order valence-corrected chi connectivity index (χ4v) is 2.06. The smallest absolute Gasteiger partial charge is 0.213 e. The van der Waals surface area contributed by atoms with Crippen molar-refractivity contribution in [3.8, 4) is 17.2 Å². The van der Waals surface area contributed by atoms with Crippen LogP contribution in [0.15, 0.2) is 30.5 Å². The standard InChI is InChI=1S/C13H7Cl2FN2/c14-11-3-1-2-9(13(11)15)10-7-18-12(16)6-8(10)4-5-17/h1-3,6-7H,4H2. The van der Waals surface area contributed by atoms with Crippen molar-refractivity contribution in [2.24, 2.45) is 0 Å². The molecule has 0 unspecified atom stereocenters. The van der Waals surface area contributed by atoms with Crippen molar-refractivity contribution in [3.63, 3.8) is 0 Å². The molecule has 0 amide bonds. The summed E-state index contributed by atoms with van der Waals surface area (Å²) >= 11 is 12.0. The molecule has 1 aromatic carbocycles. The normalized spacial score (nSPS) is 10.1. The molecule has 0 spiro atoms. The van der Waals surface area contributed by atoms with Crippen molar-refractivity contribution >= 4 is 23.2 Å². The van der Waals surface area contributed by atoms with Crippen LogP contribution in [0.2, 0.25) is 10.0 Å². The summed E-state index contributed by atoms with van der Waals surface area (Å²) in [4.78, 5) is 3.59. The molecule has 0 aliphatic heterocycles. The van der Waals surface area contributed by atoms with Crippen LogP contribution in [0.1, 0.15) is 5.56 Å². The SMILES string of the molecule is N#CCc1cc(F)ncc1-c1cccc(Cl)c1Cl. The number of aromatic nitrogens is 1. The first-order chi connectivity index (χ1) is 8.63. The van der Waals surface area contributed by atoms with Crippen LogP contribution in [0.25, 0.3) is 11.1 Å². The average Bonchev–Trinajstić information content (AvgIpc) is 2.34. The van der Waals surface area contributed by atoms with E-state index in [2.05, 4.69) is 4.98 Å². The third-order valence-electron chi connectivity index (χ3n) is 2.47. The Hall–Kier alpha value is -1.63. The van der Waals surface area contributed by atoms with Crippen LogP contribution in [0, 0.1) is 17.3 Å². The van der Waals surface area contributed by atoms with Crippen LogP contribution < -0.4 is 0 Å². The van der Waals surface area contributed by atoms with Crippen molar-refractivity contribution in [2.45, 2.75) is 6.42 Å². The zero-order valence-corrected chi connectivity index (χ0v) is 10.6. The third kappa shape index (κ3) is 2.45. The van der Waals surface area contributed by atoms with Gasteiger partial charge in [-0.15, -0.1) is 0 Å². The van der Waals surface area contributed by atoms with Gasteiger partial charge in [-0.25, -0.2) is 4.98 Å². The van der Waals surface area contributed by atoms with Crippen molar-refractivity contribution in [1.29, 1.82) is 5.26 Å². The highest BCUT2D eigenvalue weighted by molar-refractivity contribution is 6.43. The lowest BCUT2D eigenvalue weighted by atomic mass is 10.0. The summed E-state index contributed by atoms with van der Waals surface area (Å²) in [7, 11) is 0. The lowest BCUT2D eigenvalue weighted by Crippen LogP contribution is -1.94. The van der Waals surface area contributed by atoms with E-state index in [0.717, 1.165) is 0 Å². The molecular formula is C13H7Cl2FN2. The first-order valence-corrected chi connectivity index (χ1v) is 5.85. The van der Waals surface area contributed by atoms with Gasteiger partial charge in [-0.3, -0.25) is 0 Å². The van der Waals surface area contributed by atoms with E-state index >= 15 is 0 Å². The molecule has 1 aromatic heterocycles. The molecule has 2 rings (SSSR count). The third-order valence-corrected chi connectivity index (χ3v) is 3.29.